The van der Waals surface area contributed by atoms with E-state index in [1.807, 2.05) is 55.7 Å². The molecule has 0 saturated heterocycles. The fourth-order valence-corrected chi connectivity index (χ4v) is 3.47. The topological polar surface area (TPSA) is 53.4 Å². The third kappa shape index (κ3) is 5.75. The maximum absolute atomic E-state index is 12.9. The second kappa shape index (κ2) is 9.81. The van der Waals surface area contributed by atoms with Crippen LogP contribution in [-0.4, -0.2) is 47.4 Å². The molecule has 0 saturated carbocycles. The van der Waals surface area contributed by atoms with Crippen LogP contribution in [0.3, 0.4) is 0 Å². The van der Waals surface area contributed by atoms with Crippen molar-refractivity contribution in [1.29, 1.82) is 0 Å². The summed E-state index contributed by atoms with van der Waals surface area (Å²) >= 11 is 0. The van der Waals surface area contributed by atoms with Gasteiger partial charge in [-0.2, -0.15) is 5.10 Å². The number of urea groups is 1. The van der Waals surface area contributed by atoms with Crippen LogP contribution in [0.1, 0.15) is 58.7 Å². The van der Waals surface area contributed by atoms with Gasteiger partial charge in [0.2, 0.25) is 0 Å². The molecule has 0 aliphatic rings. The van der Waals surface area contributed by atoms with Gasteiger partial charge in [-0.15, -0.1) is 0 Å². The molecule has 0 aliphatic carbocycles. The number of nitrogens with zero attached hydrogens (tertiary/aromatic N) is 4. The van der Waals surface area contributed by atoms with Crippen LogP contribution >= 0.6 is 0 Å². The van der Waals surface area contributed by atoms with Crippen LogP contribution in [0.5, 0.6) is 0 Å². The average molecular weight is 400 g/mol. The van der Waals surface area contributed by atoms with Gasteiger partial charge < -0.3 is 15.1 Å². The monoisotopic (exact) mass is 399 g/mol. The van der Waals surface area contributed by atoms with Crippen molar-refractivity contribution in [3.8, 4) is 5.69 Å². The van der Waals surface area contributed by atoms with Crippen molar-refractivity contribution in [2.24, 2.45) is 5.92 Å². The highest BCUT2D eigenvalue weighted by molar-refractivity contribution is 5.75. The molecule has 0 fully saturated rings. The van der Waals surface area contributed by atoms with Gasteiger partial charge in [0, 0.05) is 32.2 Å². The third-order valence-electron chi connectivity index (χ3n) is 4.59. The van der Waals surface area contributed by atoms with Crippen molar-refractivity contribution in [3.63, 3.8) is 0 Å². The molecule has 0 spiro atoms. The number of hydrogen-bond donors (Lipinski definition) is 1. The minimum absolute atomic E-state index is 0.0272. The molecule has 1 aromatic carbocycles. The molecule has 1 aromatic heterocycles. The van der Waals surface area contributed by atoms with Crippen LogP contribution in [0.2, 0.25) is 0 Å². The Bertz CT molecular complexity index is 793. The van der Waals surface area contributed by atoms with Crippen molar-refractivity contribution in [2.45, 2.75) is 60.0 Å². The smallest absolute Gasteiger partial charge is 0.317 e. The summed E-state index contributed by atoms with van der Waals surface area (Å²) in [4.78, 5) is 16.9. The van der Waals surface area contributed by atoms with Crippen molar-refractivity contribution < 1.29 is 4.79 Å². The highest BCUT2D eigenvalue weighted by Crippen LogP contribution is 2.31. The first-order valence-corrected chi connectivity index (χ1v) is 10.5. The van der Waals surface area contributed by atoms with E-state index in [1.165, 1.54) is 0 Å². The number of amides is 2. The van der Waals surface area contributed by atoms with E-state index in [0.717, 1.165) is 22.8 Å². The molecule has 1 N–H and O–H groups in total. The van der Waals surface area contributed by atoms with Crippen LogP contribution in [0.25, 0.3) is 5.69 Å². The number of nitrogens with one attached hydrogen (secondary N) is 1. The molecular weight excluding hydrogens is 362 g/mol. The quantitative estimate of drug-likeness (QED) is 0.704. The Morgan fingerprint density at radius 2 is 1.69 bits per heavy atom. The fourth-order valence-electron chi connectivity index (χ4n) is 3.47. The molecule has 160 valence electrons. The molecule has 0 aliphatic heterocycles. The number of rotatable bonds is 8. The minimum atomic E-state index is -0.0272. The van der Waals surface area contributed by atoms with E-state index in [-0.39, 0.29) is 18.0 Å². The minimum Gasteiger partial charge on any atom is -0.362 e. The summed E-state index contributed by atoms with van der Waals surface area (Å²) in [7, 11) is 4.07. The maximum atomic E-state index is 12.9. The number of carbonyl (C=O) groups is 1. The van der Waals surface area contributed by atoms with Crippen LogP contribution in [-0.2, 0) is 6.54 Å². The van der Waals surface area contributed by atoms with Crippen molar-refractivity contribution in [1.82, 2.24) is 20.0 Å². The fraction of sp³-hybridized carbons (Fsp3) is 0.565. The number of aromatic nitrogens is 2. The lowest BCUT2D eigenvalue weighted by atomic mass is 10.0. The van der Waals surface area contributed by atoms with E-state index < -0.39 is 0 Å². The molecule has 0 bridgehead atoms. The van der Waals surface area contributed by atoms with E-state index in [2.05, 4.69) is 50.0 Å². The van der Waals surface area contributed by atoms with Crippen molar-refractivity contribution in [3.05, 3.63) is 41.6 Å². The summed E-state index contributed by atoms with van der Waals surface area (Å²) in [5, 5.41) is 8.02. The molecule has 0 radical (unpaired) electrons. The normalized spacial score (nSPS) is 11.4. The largest absolute Gasteiger partial charge is 0.362 e. The average Bonchev–Trinajstić information content (AvgIpc) is 3.00. The third-order valence-corrected chi connectivity index (χ3v) is 4.59. The lowest BCUT2D eigenvalue weighted by Gasteiger charge is -2.27. The first kappa shape index (κ1) is 22.8. The number of anilines is 1. The Morgan fingerprint density at radius 3 is 2.17 bits per heavy atom. The van der Waals surface area contributed by atoms with Crippen molar-refractivity contribution in [2.75, 3.05) is 25.5 Å². The molecule has 0 atom stereocenters. The number of carbonyl (C=O) groups excluding carboxylic acids is 1. The van der Waals surface area contributed by atoms with Crippen LogP contribution in [0.4, 0.5) is 10.6 Å². The molecule has 6 heteroatoms. The Kier molecular flexibility index (Phi) is 7.71. The Balaban J connectivity index is 2.56. The van der Waals surface area contributed by atoms with Gasteiger partial charge in [-0.05, 0) is 37.8 Å². The Hall–Kier alpha value is -2.50. The SMILES string of the molecule is CC(C)CN(Cc1c(C(C)C)nn(-c2ccccc2)c1N(C)C)C(=O)NC(C)C. The van der Waals surface area contributed by atoms with E-state index in [9.17, 15) is 4.79 Å². The van der Waals surface area contributed by atoms with Crippen LogP contribution in [0, 0.1) is 5.92 Å². The van der Waals surface area contributed by atoms with Gasteiger partial charge in [-0.25, -0.2) is 9.48 Å². The molecule has 2 rings (SSSR count). The van der Waals surface area contributed by atoms with E-state index in [1.54, 1.807) is 0 Å². The van der Waals surface area contributed by atoms with Gasteiger partial charge in [0.05, 0.1) is 17.9 Å². The zero-order chi connectivity index (χ0) is 21.7. The Morgan fingerprint density at radius 1 is 1.07 bits per heavy atom. The summed E-state index contributed by atoms with van der Waals surface area (Å²) in [6.45, 7) is 13.8. The highest BCUT2D eigenvalue weighted by atomic mass is 16.2. The van der Waals surface area contributed by atoms with Gasteiger partial charge in [0.15, 0.2) is 0 Å². The molecule has 29 heavy (non-hydrogen) atoms. The second-order valence-electron chi connectivity index (χ2n) is 8.86. The van der Waals surface area contributed by atoms with E-state index in [4.69, 9.17) is 5.10 Å². The second-order valence-corrected chi connectivity index (χ2v) is 8.86. The summed E-state index contributed by atoms with van der Waals surface area (Å²) in [6.07, 6.45) is 0. The highest BCUT2D eigenvalue weighted by Gasteiger charge is 2.26. The number of para-hydroxylation sites is 1. The van der Waals surface area contributed by atoms with Gasteiger partial charge in [-0.1, -0.05) is 45.9 Å². The molecule has 6 nitrogen and oxygen atoms in total. The molecular formula is C23H37N5O. The van der Waals surface area contributed by atoms with Crippen LogP contribution in [0.15, 0.2) is 30.3 Å². The van der Waals surface area contributed by atoms with E-state index in [0.29, 0.717) is 19.0 Å². The van der Waals surface area contributed by atoms with Gasteiger partial charge in [-0.3, -0.25) is 0 Å². The maximum Gasteiger partial charge on any atom is 0.317 e. The van der Waals surface area contributed by atoms with Gasteiger partial charge in [0.1, 0.15) is 5.82 Å². The standard InChI is InChI=1S/C23H37N5O/c1-16(2)14-27(23(29)24-18(5)6)15-20-21(17(3)4)25-28(22(20)26(7)8)19-12-10-9-11-13-19/h9-13,16-18H,14-15H2,1-8H3,(H,24,29). The first-order chi connectivity index (χ1) is 13.6. The molecule has 0 unspecified atom stereocenters. The number of hydrogen-bond acceptors (Lipinski definition) is 3. The summed E-state index contributed by atoms with van der Waals surface area (Å²) < 4.78 is 2.00. The summed E-state index contributed by atoms with van der Waals surface area (Å²) in [6, 6.07) is 10.2. The van der Waals surface area contributed by atoms with Crippen molar-refractivity contribution >= 4 is 11.8 Å². The first-order valence-electron chi connectivity index (χ1n) is 10.5. The van der Waals surface area contributed by atoms with Gasteiger partial charge in [0.25, 0.3) is 0 Å². The molecule has 2 aromatic rings. The van der Waals surface area contributed by atoms with Gasteiger partial charge >= 0.3 is 6.03 Å². The zero-order valence-corrected chi connectivity index (χ0v) is 19.2. The summed E-state index contributed by atoms with van der Waals surface area (Å²) in [5.41, 5.74) is 3.16. The molecule has 2 amide bonds. The Labute approximate surface area is 175 Å². The number of benzene rings is 1. The van der Waals surface area contributed by atoms with Crippen LogP contribution < -0.4 is 10.2 Å². The van der Waals surface area contributed by atoms with E-state index >= 15 is 0 Å². The zero-order valence-electron chi connectivity index (χ0n) is 19.2. The molecule has 1 heterocycles. The predicted octanol–water partition coefficient (Wildman–Crippen LogP) is 4.64. The summed E-state index contributed by atoms with van der Waals surface area (Å²) in [5.74, 6) is 1.65. The lowest BCUT2D eigenvalue weighted by Crippen LogP contribution is -2.44. The predicted molar refractivity (Wildman–Crippen MR) is 121 cm³/mol. The lowest BCUT2D eigenvalue weighted by molar-refractivity contribution is 0.185.